The number of guanidine groups is 1. The Hall–Kier alpha value is -1.55. The highest BCUT2D eigenvalue weighted by Crippen LogP contribution is 2.61. The Morgan fingerprint density at radius 3 is 3.14 bits per heavy atom. The first-order valence-corrected chi connectivity index (χ1v) is 8.06. The van der Waals surface area contributed by atoms with Gasteiger partial charge in [0.1, 0.15) is 0 Å². The third-order valence-corrected chi connectivity index (χ3v) is 5.21. The number of aliphatic imine (C=N–C) groups is 1. The van der Waals surface area contributed by atoms with Crippen LogP contribution in [0.5, 0.6) is 0 Å². The molecule has 0 radical (unpaired) electrons. The number of nitrogens with one attached hydrogen (secondary N) is 1. The summed E-state index contributed by atoms with van der Waals surface area (Å²) in [5.41, 5.74) is 9.04. The highest BCUT2D eigenvalue weighted by atomic mass is 16.5. The summed E-state index contributed by atoms with van der Waals surface area (Å²) in [7, 11) is 0. The molecule has 2 aliphatic carbocycles. The van der Waals surface area contributed by atoms with Crippen LogP contribution in [0.2, 0.25) is 0 Å². The van der Waals surface area contributed by atoms with Gasteiger partial charge in [0, 0.05) is 19.7 Å². The summed E-state index contributed by atoms with van der Waals surface area (Å²) >= 11 is 0. The molecule has 0 bridgehead atoms. The van der Waals surface area contributed by atoms with Crippen LogP contribution in [-0.2, 0) is 11.2 Å². The molecular formula is C17H23N3O. The number of ether oxygens (including phenoxy) is 1. The number of benzene rings is 1. The molecule has 1 aromatic rings. The zero-order valence-corrected chi connectivity index (χ0v) is 12.3. The number of rotatable bonds is 4. The van der Waals surface area contributed by atoms with Crippen molar-refractivity contribution in [3.63, 3.8) is 0 Å². The van der Waals surface area contributed by atoms with Crippen molar-refractivity contribution in [2.75, 3.05) is 19.7 Å². The van der Waals surface area contributed by atoms with Gasteiger partial charge in [-0.15, -0.1) is 0 Å². The van der Waals surface area contributed by atoms with Crippen molar-refractivity contribution in [1.29, 1.82) is 0 Å². The lowest BCUT2D eigenvalue weighted by Crippen LogP contribution is -2.37. The summed E-state index contributed by atoms with van der Waals surface area (Å²) in [6.07, 6.45) is 3.83. The van der Waals surface area contributed by atoms with Crippen molar-refractivity contribution in [3.05, 3.63) is 35.4 Å². The molecule has 0 amide bonds. The van der Waals surface area contributed by atoms with E-state index in [-0.39, 0.29) is 0 Å². The number of fused-ring (bicyclic) bond motifs is 3. The summed E-state index contributed by atoms with van der Waals surface area (Å²) in [5, 5.41) is 3.20. The maximum absolute atomic E-state index is 5.96. The van der Waals surface area contributed by atoms with E-state index >= 15 is 0 Å². The van der Waals surface area contributed by atoms with Gasteiger partial charge in [-0.3, -0.25) is 4.99 Å². The van der Waals surface area contributed by atoms with Crippen LogP contribution in [0.4, 0.5) is 0 Å². The minimum absolute atomic E-state index is 0.311. The van der Waals surface area contributed by atoms with Crippen molar-refractivity contribution in [2.45, 2.75) is 31.3 Å². The van der Waals surface area contributed by atoms with Crippen LogP contribution in [-0.4, -0.2) is 31.8 Å². The van der Waals surface area contributed by atoms with E-state index in [4.69, 9.17) is 10.5 Å². The maximum atomic E-state index is 5.96. The average Bonchev–Trinajstić information content (AvgIpc) is 2.89. The first-order valence-electron chi connectivity index (χ1n) is 8.06. The molecule has 21 heavy (non-hydrogen) atoms. The van der Waals surface area contributed by atoms with Gasteiger partial charge in [0.05, 0.1) is 6.10 Å². The zero-order valence-electron chi connectivity index (χ0n) is 12.3. The molecule has 4 unspecified atom stereocenters. The molecule has 1 aliphatic heterocycles. The summed E-state index contributed by atoms with van der Waals surface area (Å²) < 4.78 is 5.57. The zero-order chi connectivity index (χ0) is 14.2. The molecule has 2 fully saturated rings. The highest BCUT2D eigenvalue weighted by Gasteiger charge is 2.54. The van der Waals surface area contributed by atoms with Gasteiger partial charge in [-0.05, 0) is 48.1 Å². The molecule has 3 N–H and O–H groups in total. The van der Waals surface area contributed by atoms with Crippen molar-refractivity contribution in [1.82, 2.24) is 5.32 Å². The van der Waals surface area contributed by atoms with Gasteiger partial charge >= 0.3 is 0 Å². The predicted octanol–water partition coefficient (Wildman–Crippen LogP) is 1.66. The van der Waals surface area contributed by atoms with Crippen LogP contribution >= 0.6 is 0 Å². The fourth-order valence-corrected chi connectivity index (χ4v) is 4.02. The van der Waals surface area contributed by atoms with Crippen molar-refractivity contribution in [2.24, 2.45) is 22.6 Å². The van der Waals surface area contributed by atoms with Gasteiger partial charge in [-0.2, -0.15) is 0 Å². The molecule has 1 heterocycles. The molecule has 112 valence electrons. The Bertz CT molecular complexity index is 551. The number of hydrogen-bond acceptors (Lipinski definition) is 2. The number of hydrogen-bond donors (Lipinski definition) is 2. The van der Waals surface area contributed by atoms with E-state index in [1.807, 2.05) is 0 Å². The van der Waals surface area contributed by atoms with Crippen molar-refractivity contribution >= 4 is 5.96 Å². The van der Waals surface area contributed by atoms with Gasteiger partial charge in [0.15, 0.2) is 5.96 Å². The van der Waals surface area contributed by atoms with E-state index in [1.165, 1.54) is 12.0 Å². The van der Waals surface area contributed by atoms with Crippen LogP contribution in [0.25, 0.3) is 0 Å². The summed E-state index contributed by atoms with van der Waals surface area (Å²) in [6, 6.07) is 8.84. The quantitative estimate of drug-likeness (QED) is 0.653. The van der Waals surface area contributed by atoms with E-state index in [9.17, 15) is 0 Å². The van der Waals surface area contributed by atoms with Gasteiger partial charge in [0.2, 0.25) is 0 Å². The normalized spacial score (nSPS) is 33.6. The SMILES string of the molecule is NC(=NCC1C2Cc3ccccc3C12)NCC1CCCO1. The van der Waals surface area contributed by atoms with Crippen LogP contribution in [0.1, 0.15) is 29.9 Å². The lowest BCUT2D eigenvalue weighted by Gasteiger charge is -2.11. The second kappa shape index (κ2) is 5.34. The minimum atomic E-state index is 0.311. The van der Waals surface area contributed by atoms with E-state index in [2.05, 4.69) is 34.6 Å². The summed E-state index contributed by atoms with van der Waals surface area (Å²) in [5.74, 6) is 2.81. The highest BCUT2D eigenvalue weighted by molar-refractivity contribution is 5.77. The van der Waals surface area contributed by atoms with E-state index in [1.54, 1.807) is 5.56 Å². The van der Waals surface area contributed by atoms with E-state index < -0.39 is 0 Å². The molecule has 3 aliphatic rings. The smallest absolute Gasteiger partial charge is 0.188 e. The molecule has 4 nitrogen and oxygen atoms in total. The predicted molar refractivity (Wildman–Crippen MR) is 83.3 cm³/mol. The third-order valence-electron chi connectivity index (χ3n) is 5.21. The van der Waals surface area contributed by atoms with Crippen LogP contribution < -0.4 is 11.1 Å². The largest absolute Gasteiger partial charge is 0.376 e. The molecular weight excluding hydrogens is 262 g/mol. The fraction of sp³-hybridized carbons (Fsp3) is 0.588. The Balaban J connectivity index is 1.28. The second-order valence-electron chi connectivity index (χ2n) is 6.50. The van der Waals surface area contributed by atoms with E-state index in [0.29, 0.717) is 18.0 Å². The van der Waals surface area contributed by atoms with Gasteiger partial charge in [-0.1, -0.05) is 24.3 Å². The maximum Gasteiger partial charge on any atom is 0.188 e. The summed E-state index contributed by atoms with van der Waals surface area (Å²) in [6.45, 7) is 2.53. The molecule has 1 saturated heterocycles. The monoisotopic (exact) mass is 285 g/mol. The van der Waals surface area contributed by atoms with Crippen LogP contribution in [0.15, 0.2) is 29.3 Å². The van der Waals surface area contributed by atoms with E-state index in [0.717, 1.165) is 44.4 Å². The molecule has 4 heteroatoms. The first-order chi connectivity index (χ1) is 10.3. The Morgan fingerprint density at radius 2 is 2.29 bits per heavy atom. The number of nitrogens with zero attached hydrogens (tertiary/aromatic N) is 1. The lowest BCUT2D eigenvalue weighted by molar-refractivity contribution is 0.114. The standard InChI is InChI=1S/C17H23N3O/c18-17(19-9-12-5-3-7-21-12)20-10-15-14-8-11-4-1-2-6-13(11)16(14)15/h1-2,4,6,12,14-16H,3,5,7-10H2,(H3,18,19,20). The number of nitrogens with two attached hydrogens (primary N) is 1. The molecule has 1 saturated carbocycles. The van der Waals surface area contributed by atoms with Crippen LogP contribution in [0.3, 0.4) is 0 Å². The fourth-order valence-electron chi connectivity index (χ4n) is 4.02. The van der Waals surface area contributed by atoms with Gasteiger partial charge < -0.3 is 15.8 Å². The minimum Gasteiger partial charge on any atom is -0.376 e. The van der Waals surface area contributed by atoms with Gasteiger partial charge in [0.25, 0.3) is 0 Å². The molecule has 1 aromatic carbocycles. The molecule has 4 rings (SSSR count). The molecule has 4 atom stereocenters. The van der Waals surface area contributed by atoms with Crippen molar-refractivity contribution in [3.8, 4) is 0 Å². The Kier molecular flexibility index (Phi) is 3.34. The topological polar surface area (TPSA) is 59.6 Å². The second-order valence-corrected chi connectivity index (χ2v) is 6.50. The third kappa shape index (κ3) is 2.53. The molecule has 0 spiro atoms. The molecule has 0 aromatic heterocycles. The average molecular weight is 285 g/mol. The van der Waals surface area contributed by atoms with Crippen molar-refractivity contribution < 1.29 is 4.74 Å². The Labute approximate surface area is 125 Å². The summed E-state index contributed by atoms with van der Waals surface area (Å²) in [4.78, 5) is 4.53. The lowest BCUT2D eigenvalue weighted by atomic mass is 10.0. The van der Waals surface area contributed by atoms with Crippen LogP contribution in [0, 0.1) is 11.8 Å². The Morgan fingerprint density at radius 1 is 1.38 bits per heavy atom. The van der Waals surface area contributed by atoms with Gasteiger partial charge in [-0.25, -0.2) is 0 Å². The first kappa shape index (κ1) is 13.1.